The molecule has 0 amide bonds. The zero-order chi connectivity index (χ0) is 22.2. The average molecular weight is 436 g/mol. The summed E-state index contributed by atoms with van der Waals surface area (Å²) in [7, 11) is 3.36. The van der Waals surface area contributed by atoms with Gasteiger partial charge in [-0.2, -0.15) is 4.98 Å². The van der Waals surface area contributed by atoms with Gasteiger partial charge >= 0.3 is 0 Å². The largest absolute Gasteiger partial charge is 0.490 e. The minimum Gasteiger partial charge on any atom is -0.490 e. The predicted octanol–water partition coefficient (Wildman–Crippen LogP) is 5.33. The maximum Gasteiger partial charge on any atom is 0.268 e. The topological polar surface area (TPSA) is 92.2 Å². The van der Waals surface area contributed by atoms with Crippen molar-refractivity contribution < 1.29 is 9.47 Å². The van der Waals surface area contributed by atoms with Crippen LogP contribution in [0.5, 0.6) is 17.4 Å². The third-order valence-corrected chi connectivity index (χ3v) is 5.18. The normalized spacial score (nSPS) is 11.0. The molecule has 0 unspecified atom stereocenters. The number of allylic oxidation sites excluding steroid dienone is 1. The lowest BCUT2D eigenvalue weighted by atomic mass is 10.1. The number of hydrogen-bond acceptors (Lipinski definition) is 8. The minimum absolute atomic E-state index is 0.308. The number of aromatic nitrogens is 2. The number of rotatable bonds is 9. The van der Waals surface area contributed by atoms with Crippen molar-refractivity contribution >= 4 is 24.1 Å². The standard InChI is InChI=1S/C23H25N5O2S/c1-15-9-5-7-11-18(15)20-21(29-4)22(30-19-12-8-6-10-16(19)2)27-23(26-20)28-31-17(13-24)14-25-3/h5-14,24-25H,1-4H3,(H,26,27,28)/b17-14+,24-13?. The van der Waals surface area contributed by atoms with E-state index in [0.717, 1.165) is 16.7 Å². The van der Waals surface area contributed by atoms with Gasteiger partial charge in [0.1, 0.15) is 11.4 Å². The van der Waals surface area contributed by atoms with E-state index >= 15 is 0 Å². The molecule has 0 aliphatic rings. The Balaban J connectivity index is 2.10. The highest BCUT2D eigenvalue weighted by atomic mass is 32.2. The van der Waals surface area contributed by atoms with Crippen LogP contribution in [0.3, 0.4) is 0 Å². The van der Waals surface area contributed by atoms with Crippen LogP contribution in [-0.4, -0.2) is 30.3 Å². The molecular weight excluding hydrogens is 410 g/mol. The van der Waals surface area contributed by atoms with E-state index in [-0.39, 0.29) is 0 Å². The molecule has 160 valence electrons. The smallest absolute Gasteiger partial charge is 0.268 e. The minimum atomic E-state index is 0.308. The Morgan fingerprint density at radius 3 is 2.39 bits per heavy atom. The van der Waals surface area contributed by atoms with E-state index in [4.69, 9.17) is 19.9 Å². The fourth-order valence-corrected chi connectivity index (χ4v) is 3.41. The number of nitrogens with zero attached hydrogens (tertiary/aromatic N) is 2. The van der Waals surface area contributed by atoms with E-state index < -0.39 is 0 Å². The lowest BCUT2D eigenvalue weighted by molar-refractivity contribution is 0.368. The first kappa shape index (κ1) is 22.2. The molecule has 3 rings (SSSR count). The van der Waals surface area contributed by atoms with E-state index in [1.165, 1.54) is 18.2 Å². The van der Waals surface area contributed by atoms with Crippen molar-refractivity contribution in [1.29, 1.82) is 5.41 Å². The van der Waals surface area contributed by atoms with Gasteiger partial charge in [-0.1, -0.05) is 42.5 Å². The molecule has 0 aliphatic heterocycles. The van der Waals surface area contributed by atoms with Crippen LogP contribution in [0.2, 0.25) is 0 Å². The monoisotopic (exact) mass is 435 g/mol. The summed E-state index contributed by atoms with van der Waals surface area (Å²) < 4.78 is 15.0. The molecule has 0 saturated carbocycles. The zero-order valence-corrected chi connectivity index (χ0v) is 18.7. The Bertz CT molecular complexity index is 1100. The van der Waals surface area contributed by atoms with Crippen LogP contribution in [-0.2, 0) is 0 Å². The summed E-state index contributed by atoms with van der Waals surface area (Å²) in [5.74, 6) is 1.79. The maximum atomic E-state index is 7.53. The number of aryl methyl sites for hydroxylation is 2. The first-order valence-electron chi connectivity index (χ1n) is 9.63. The van der Waals surface area contributed by atoms with Gasteiger partial charge in [0.15, 0.2) is 0 Å². The van der Waals surface area contributed by atoms with E-state index in [1.807, 2.05) is 62.4 Å². The van der Waals surface area contributed by atoms with Gasteiger partial charge in [0.05, 0.1) is 12.0 Å². The zero-order valence-electron chi connectivity index (χ0n) is 17.9. The first-order valence-corrected chi connectivity index (χ1v) is 10.4. The summed E-state index contributed by atoms with van der Waals surface area (Å²) in [5.41, 5.74) is 3.57. The average Bonchev–Trinajstić information content (AvgIpc) is 2.78. The van der Waals surface area contributed by atoms with Crippen molar-refractivity contribution in [2.45, 2.75) is 13.8 Å². The SMILES string of the molecule is CN/C=C(\C=N)SNc1nc(Oc2ccccc2C)c(OC)c(-c2ccccc2C)n1. The second-order valence-electron chi connectivity index (χ2n) is 6.60. The summed E-state index contributed by atoms with van der Waals surface area (Å²) in [6.45, 7) is 3.99. The van der Waals surface area contributed by atoms with Crippen LogP contribution in [0.15, 0.2) is 59.6 Å². The third kappa shape index (κ3) is 5.35. The third-order valence-electron chi connectivity index (χ3n) is 4.43. The number of anilines is 1. The van der Waals surface area contributed by atoms with Crippen molar-refractivity contribution in [1.82, 2.24) is 15.3 Å². The summed E-state index contributed by atoms with van der Waals surface area (Å²) >= 11 is 1.22. The number of methoxy groups -OCH3 is 1. The Morgan fingerprint density at radius 1 is 1.03 bits per heavy atom. The molecule has 2 aromatic carbocycles. The van der Waals surface area contributed by atoms with Gasteiger partial charge in [0.25, 0.3) is 5.88 Å². The first-order chi connectivity index (χ1) is 15.1. The van der Waals surface area contributed by atoms with Gasteiger partial charge in [-0.25, -0.2) is 4.98 Å². The van der Waals surface area contributed by atoms with Crippen LogP contribution in [0, 0.1) is 19.3 Å². The molecule has 1 aromatic heterocycles. The molecule has 31 heavy (non-hydrogen) atoms. The predicted molar refractivity (Wildman–Crippen MR) is 127 cm³/mol. The highest BCUT2D eigenvalue weighted by Crippen LogP contribution is 2.40. The molecule has 0 fully saturated rings. The lowest BCUT2D eigenvalue weighted by Gasteiger charge is -2.17. The Hall–Kier alpha value is -3.52. The van der Waals surface area contributed by atoms with Crippen molar-refractivity contribution in [2.24, 2.45) is 0 Å². The van der Waals surface area contributed by atoms with Gasteiger partial charge < -0.3 is 20.2 Å². The van der Waals surface area contributed by atoms with Gasteiger partial charge in [-0.05, 0) is 43.0 Å². The van der Waals surface area contributed by atoms with Crippen molar-refractivity contribution in [2.75, 3.05) is 18.9 Å². The van der Waals surface area contributed by atoms with Gasteiger partial charge in [0, 0.05) is 25.0 Å². The maximum absolute atomic E-state index is 7.53. The molecular formula is C23H25N5O2S. The van der Waals surface area contributed by atoms with Crippen LogP contribution in [0.25, 0.3) is 11.3 Å². The van der Waals surface area contributed by atoms with Gasteiger partial charge in [0.2, 0.25) is 11.7 Å². The molecule has 8 heteroatoms. The second-order valence-corrected chi connectivity index (χ2v) is 7.48. The molecule has 0 aliphatic carbocycles. The van der Waals surface area contributed by atoms with Crippen molar-refractivity contribution in [3.63, 3.8) is 0 Å². The molecule has 1 heterocycles. The van der Waals surface area contributed by atoms with Crippen LogP contribution < -0.4 is 19.5 Å². The van der Waals surface area contributed by atoms with Crippen LogP contribution in [0.4, 0.5) is 5.95 Å². The number of hydrogen-bond donors (Lipinski definition) is 3. The Labute approximate surface area is 186 Å². The summed E-state index contributed by atoms with van der Waals surface area (Å²) in [6, 6.07) is 15.7. The molecule has 0 saturated heterocycles. The van der Waals surface area contributed by atoms with Gasteiger partial charge in [-0.15, -0.1) is 0 Å². The molecule has 3 aromatic rings. The number of nitrogens with one attached hydrogen (secondary N) is 3. The highest BCUT2D eigenvalue weighted by Gasteiger charge is 2.20. The Kier molecular flexibility index (Phi) is 7.50. The van der Waals surface area contributed by atoms with Gasteiger partial charge in [-0.3, -0.25) is 4.72 Å². The molecule has 0 radical (unpaired) electrons. The highest BCUT2D eigenvalue weighted by molar-refractivity contribution is 8.05. The summed E-state index contributed by atoms with van der Waals surface area (Å²) in [6.07, 6.45) is 2.95. The van der Waals surface area contributed by atoms with Crippen molar-refractivity contribution in [3.8, 4) is 28.6 Å². The number of benzene rings is 2. The fraction of sp³-hybridized carbons (Fsp3) is 0.174. The lowest BCUT2D eigenvalue weighted by Crippen LogP contribution is -2.05. The van der Waals surface area contributed by atoms with Crippen molar-refractivity contribution in [3.05, 3.63) is 70.8 Å². The molecule has 7 nitrogen and oxygen atoms in total. The molecule has 0 bridgehead atoms. The second kappa shape index (κ2) is 10.5. The fourth-order valence-electron chi connectivity index (χ4n) is 2.87. The van der Waals surface area contributed by atoms with E-state index in [1.54, 1.807) is 20.4 Å². The van der Waals surface area contributed by atoms with E-state index in [0.29, 0.717) is 33.9 Å². The van der Waals surface area contributed by atoms with Crippen LogP contribution >= 0.6 is 11.9 Å². The van der Waals surface area contributed by atoms with E-state index in [2.05, 4.69) is 15.0 Å². The number of ether oxygens (including phenoxy) is 2. The molecule has 0 spiro atoms. The molecule has 3 N–H and O–H groups in total. The molecule has 0 atom stereocenters. The Morgan fingerprint density at radius 2 is 1.74 bits per heavy atom. The summed E-state index contributed by atoms with van der Waals surface area (Å²) in [4.78, 5) is 9.91. The van der Waals surface area contributed by atoms with Crippen LogP contribution in [0.1, 0.15) is 11.1 Å². The number of para-hydroxylation sites is 1. The quantitative estimate of drug-likeness (QED) is 0.309. The summed E-state index contributed by atoms with van der Waals surface area (Å²) in [5, 5.41) is 10.4. The van der Waals surface area contributed by atoms with E-state index in [9.17, 15) is 0 Å².